The van der Waals surface area contributed by atoms with Crippen LogP contribution in [0.2, 0.25) is 8.67 Å². The van der Waals surface area contributed by atoms with Crippen LogP contribution in [0.15, 0.2) is 12.3 Å². The predicted molar refractivity (Wildman–Crippen MR) is 76.5 cm³/mol. The van der Waals surface area contributed by atoms with Crippen LogP contribution in [-0.2, 0) is 6.42 Å². The lowest BCUT2D eigenvalue weighted by Crippen LogP contribution is -2.21. The first-order chi connectivity index (χ1) is 9.06. The Morgan fingerprint density at radius 3 is 2.84 bits per heavy atom. The highest BCUT2D eigenvalue weighted by Gasteiger charge is 2.30. The molecule has 1 atom stereocenters. The maximum Gasteiger partial charge on any atom is 0.165 e. The fourth-order valence-electron chi connectivity index (χ4n) is 2.53. The average Bonchev–Trinajstić information content (AvgIpc) is 2.68. The third-order valence-corrected chi connectivity index (χ3v) is 4.90. The summed E-state index contributed by atoms with van der Waals surface area (Å²) in [4.78, 5) is 12.3. The quantitative estimate of drug-likeness (QED) is 0.797. The smallest absolute Gasteiger partial charge is 0.165 e. The number of halogens is 2. The van der Waals surface area contributed by atoms with Gasteiger partial charge >= 0.3 is 0 Å². The number of nitrogens with zero attached hydrogens (tertiary/aromatic N) is 2. The van der Waals surface area contributed by atoms with E-state index in [2.05, 4.69) is 10.2 Å². The topological polar surface area (TPSA) is 42.9 Å². The van der Waals surface area contributed by atoms with Gasteiger partial charge in [0, 0.05) is 12.0 Å². The van der Waals surface area contributed by atoms with Crippen molar-refractivity contribution in [3.05, 3.63) is 43.3 Å². The third-order valence-electron chi connectivity index (χ3n) is 3.39. The number of ketones is 1. The van der Waals surface area contributed by atoms with Crippen LogP contribution in [0, 0.1) is 6.92 Å². The van der Waals surface area contributed by atoms with Gasteiger partial charge in [-0.15, -0.1) is 11.3 Å². The molecule has 0 saturated heterocycles. The summed E-state index contributed by atoms with van der Waals surface area (Å²) >= 11 is 13.5. The summed E-state index contributed by atoms with van der Waals surface area (Å²) in [7, 11) is 0. The number of carbonyl (C=O) groups is 1. The Bertz CT molecular complexity index is 669. The van der Waals surface area contributed by atoms with E-state index in [1.54, 1.807) is 6.20 Å². The largest absolute Gasteiger partial charge is 0.294 e. The highest BCUT2D eigenvalue weighted by molar-refractivity contribution is 7.20. The molecule has 1 aliphatic carbocycles. The average molecular weight is 313 g/mol. The van der Waals surface area contributed by atoms with Crippen molar-refractivity contribution in [3.63, 3.8) is 0 Å². The van der Waals surface area contributed by atoms with Crippen molar-refractivity contribution in [2.45, 2.75) is 25.7 Å². The van der Waals surface area contributed by atoms with Crippen LogP contribution in [0.4, 0.5) is 0 Å². The molecule has 0 aliphatic heterocycles. The molecule has 0 fully saturated rings. The molecule has 19 heavy (non-hydrogen) atoms. The van der Waals surface area contributed by atoms with Gasteiger partial charge < -0.3 is 0 Å². The van der Waals surface area contributed by atoms with Crippen LogP contribution in [-0.4, -0.2) is 16.0 Å². The number of aromatic nitrogens is 2. The van der Waals surface area contributed by atoms with E-state index in [0.717, 1.165) is 22.4 Å². The fourth-order valence-corrected chi connectivity index (χ4v) is 4.16. The molecule has 0 spiro atoms. The molecule has 1 unspecified atom stereocenters. The summed E-state index contributed by atoms with van der Waals surface area (Å²) in [6, 6.07) is 1.85. The molecule has 2 heterocycles. The Morgan fingerprint density at radius 1 is 1.37 bits per heavy atom. The van der Waals surface area contributed by atoms with Gasteiger partial charge in [-0.3, -0.25) is 4.79 Å². The normalized spacial score (nSPS) is 18.5. The van der Waals surface area contributed by atoms with Gasteiger partial charge in [0.2, 0.25) is 0 Å². The van der Waals surface area contributed by atoms with Gasteiger partial charge in [0.25, 0.3) is 0 Å². The van der Waals surface area contributed by atoms with Crippen molar-refractivity contribution in [2.24, 2.45) is 0 Å². The monoisotopic (exact) mass is 312 g/mol. The summed E-state index contributed by atoms with van der Waals surface area (Å²) in [6.07, 6.45) is 2.76. The molecule has 98 valence electrons. The van der Waals surface area contributed by atoms with Crippen LogP contribution in [0.1, 0.15) is 39.5 Å². The van der Waals surface area contributed by atoms with Crippen LogP contribution in [0.25, 0.3) is 0 Å². The molecule has 0 amide bonds. The van der Waals surface area contributed by atoms with Crippen LogP contribution >= 0.6 is 34.5 Å². The number of hydrogen-bond donors (Lipinski definition) is 0. The van der Waals surface area contributed by atoms with E-state index >= 15 is 0 Å². The Labute approximate surface area is 124 Å². The molecule has 0 saturated carbocycles. The van der Waals surface area contributed by atoms with E-state index in [0.29, 0.717) is 21.5 Å². The van der Waals surface area contributed by atoms with E-state index in [9.17, 15) is 4.79 Å². The van der Waals surface area contributed by atoms with Gasteiger partial charge in [-0.25, -0.2) is 0 Å². The molecule has 2 aromatic heterocycles. The van der Waals surface area contributed by atoms with Gasteiger partial charge in [0.15, 0.2) is 5.78 Å². The van der Waals surface area contributed by atoms with Crippen molar-refractivity contribution in [1.82, 2.24) is 10.2 Å². The number of rotatable bonds is 1. The van der Waals surface area contributed by atoms with Crippen molar-refractivity contribution in [1.29, 1.82) is 0 Å². The second-order valence-corrected chi connectivity index (χ2v) is 6.94. The first-order valence-electron chi connectivity index (χ1n) is 5.85. The first kappa shape index (κ1) is 13.0. The van der Waals surface area contributed by atoms with Crippen molar-refractivity contribution >= 4 is 40.3 Å². The molecule has 0 bridgehead atoms. The minimum Gasteiger partial charge on any atom is -0.294 e. The van der Waals surface area contributed by atoms with Crippen LogP contribution in [0.3, 0.4) is 0 Å². The van der Waals surface area contributed by atoms with Gasteiger partial charge in [0.05, 0.1) is 20.6 Å². The molecule has 6 heteroatoms. The summed E-state index contributed by atoms with van der Waals surface area (Å²) in [5, 5.41) is 8.03. The first-order valence-corrected chi connectivity index (χ1v) is 7.42. The lowest BCUT2D eigenvalue weighted by atomic mass is 9.82. The molecule has 1 aliphatic rings. The molecular weight excluding hydrogens is 303 g/mol. The lowest BCUT2D eigenvalue weighted by molar-refractivity contribution is 0.0962. The second-order valence-electron chi connectivity index (χ2n) is 4.66. The van der Waals surface area contributed by atoms with Crippen LogP contribution < -0.4 is 0 Å². The Morgan fingerprint density at radius 2 is 2.16 bits per heavy atom. The van der Waals surface area contributed by atoms with Gasteiger partial charge in [-0.1, -0.05) is 23.2 Å². The van der Waals surface area contributed by atoms with E-state index < -0.39 is 0 Å². The van der Waals surface area contributed by atoms with E-state index in [4.69, 9.17) is 23.2 Å². The Kier molecular flexibility index (Phi) is 3.33. The summed E-state index contributed by atoms with van der Waals surface area (Å²) < 4.78 is 1.31. The van der Waals surface area contributed by atoms with E-state index in [1.807, 2.05) is 13.0 Å². The summed E-state index contributed by atoms with van der Waals surface area (Å²) in [5.74, 6) is 0.157. The third kappa shape index (κ3) is 2.29. The minimum absolute atomic E-state index is 0.0485. The van der Waals surface area contributed by atoms with Gasteiger partial charge in [-0.2, -0.15) is 10.2 Å². The number of carbonyl (C=O) groups excluding carboxylic acids is 1. The maximum absolute atomic E-state index is 12.3. The molecule has 0 aromatic carbocycles. The zero-order valence-corrected chi connectivity index (χ0v) is 12.4. The number of fused-ring (bicyclic) bond motifs is 1. The number of hydrogen-bond acceptors (Lipinski definition) is 4. The second kappa shape index (κ2) is 4.85. The Balaban J connectivity index is 2.02. The SMILES string of the molecule is Cc1cnnc2c1C(=O)CC(c1cc(Cl)sc1Cl)C2. The number of aryl methyl sites for hydroxylation is 1. The molecule has 3 nitrogen and oxygen atoms in total. The number of thiophene rings is 1. The van der Waals surface area contributed by atoms with Crippen molar-refractivity contribution in [3.8, 4) is 0 Å². The predicted octanol–water partition coefficient (Wildman–Crippen LogP) is 4.07. The minimum atomic E-state index is 0.0485. The molecule has 0 radical (unpaired) electrons. The zero-order valence-electron chi connectivity index (χ0n) is 10.1. The van der Waals surface area contributed by atoms with Gasteiger partial charge in [-0.05, 0) is 36.5 Å². The van der Waals surface area contributed by atoms with E-state index in [-0.39, 0.29) is 11.7 Å². The van der Waals surface area contributed by atoms with Crippen molar-refractivity contribution < 1.29 is 4.79 Å². The standard InChI is InChI=1S/C13H10Cl2N2OS/c1-6-5-16-17-9-2-7(3-10(18)12(6)9)8-4-11(14)19-13(8)15/h4-5,7H,2-3H2,1H3. The van der Waals surface area contributed by atoms with E-state index in [1.165, 1.54) is 11.3 Å². The zero-order chi connectivity index (χ0) is 13.6. The number of Topliss-reactive ketones (excluding diaryl/α,β-unsaturated/α-hetero) is 1. The van der Waals surface area contributed by atoms with Gasteiger partial charge in [0.1, 0.15) is 0 Å². The molecule has 3 rings (SSSR count). The molecule has 0 N–H and O–H groups in total. The maximum atomic E-state index is 12.3. The molecular formula is C13H10Cl2N2OS. The highest BCUT2D eigenvalue weighted by atomic mass is 35.5. The summed E-state index contributed by atoms with van der Waals surface area (Å²) in [5.41, 5.74) is 3.32. The fraction of sp³-hybridized carbons (Fsp3) is 0.308. The highest BCUT2D eigenvalue weighted by Crippen LogP contribution is 2.41. The lowest BCUT2D eigenvalue weighted by Gasteiger charge is -2.23. The Hall–Kier alpha value is -0.970. The van der Waals surface area contributed by atoms with Crippen LogP contribution in [0.5, 0.6) is 0 Å². The van der Waals surface area contributed by atoms with Crippen molar-refractivity contribution in [2.75, 3.05) is 0 Å². The summed E-state index contributed by atoms with van der Waals surface area (Å²) in [6.45, 7) is 1.89. The molecule has 2 aromatic rings.